The second-order valence-electron chi connectivity index (χ2n) is 3.06. The second kappa shape index (κ2) is 3.66. The summed E-state index contributed by atoms with van der Waals surface area (Å²) in [5, 5.41) is 0. The van der Waals surface area contributed by atoms with Crippen LogP contribution in [0.4, 0.5) is 0 Å². The average Bonchev–Trinajstić information content (AvgIpc) is 2.85. The summed E-state index contributed by atoms with van der Waals surface area (Å²) < 4.78 is 21.1. The van der Waals surface area contributed by atoms with Crippen LogP contribution in [0, 0.1) is 5.92 Å². The van der Waals surface area contributed by atoms with E-state index in [-0.39, 0.29) is 17.5 Å². The first kappa shape index (κ1) is 11.7. The molecule has 1 saturated carbocycles. The molecule has 76 valence electrons. The summed E-state index contributed by atoms with van der Waals surface area (Å²) in [6, 6.07) is 0. The number of ketones is 1. The van der Waals surface area contributed by atoms with Crippen LogP contribution in [0.15, 0.2) is 0 Å². The van der Waals surface area contributed by atoms with Gasteiger partial charge in [-0.2, -0.15) is 0 Å². The predicted molar refractivity (Wildman–Crippen MR) is 59.8 cm³/mol. The Morgan fingerprint density at radius 2 is 2.08 bits per heavy atom. The van der Waals surface area contributed by atoms with Crippen molar-refractivity contribution in [2.24, 2.45) is 5.92 Å². The van der Waals surface area contributed by atoms with Gasteiger partial charge in [0.2, 0.25) is 0 Å². The third-order valence-electron chi connectivity index (χ3n) is 2.01. The van der Waals surface area contributed by atoms with Crippen LogP contribution in [0.5, 0.6) is 0 Å². The van der Waals surface area contributed by atoms with Gasteiger partial charge in [0.15, 0.2) is 15.6 Å². The van der Waals surface area contributed by atoms with Gasteiger partial charge in [-0.15, -0.1) is 0 Å². The van der Waals surface area contributed by atoms with Crippen LogP contribution in [-0.2, 0) is 14.6 Å². The number of carbonyl (C=O) groups is 1. The Bertz CT molecular complexity index is 319. The second-order valence-corrected chi connectivity index (χ2v) is 9.26. The lowest BCUT2D eigenvalue weighted by atomic mass is 10.3. The third-order valence-corrected chi connectivity index (χ3v) is 7.18. The zero-order valence-corrected chi connectivity index (χ0v) is 10.8. The Labute approximate surface area is 96.3 Å². The van der Waals surface area contributed by atoms with E-state index in [9.17, 15) is 13.2 Å². The molecule has 0 bridgehead atoms. The zero-order chi connectivity index (χ0) is 10.3. The summed E-state index contributed by atoms with van der Waals surface area (Å²) in [6.07, 6.45) is 1.55. The van der Waals surface area contributed by atoms with Crippen molar-refractivity contribution in [1.29, 1.82) is 0 Å². The quantitative estimate of drug-likeness (QED) is 0.580. The van der Waals surface area contributed by atoms with Crippen LogP contribution in [0.2, 0.25) is 0 Å². The first-order valence-electron chi connectivity index (χ1n) is 3.97. The maximum Gasteiger partial charge on any atom is 0.253 e. The lowest BCUT2D eigenvalue weighted by molar-refractivity contribution is -0.118. The summed E-state index contributed by atoms with van der Waals surface area (Å²) in [6.45, 7) is 1.49. The van der Waals surface area contributed by atoms with Gasteiger partial charge in [-0.3, -0.25) is 4.79 Å². The molecule has 0 aromatic carbocycles. The molecule has 0 N–H and O–H groups in total. The van der Waals surface area contributed by atoms with Gasteiger partial charge in [-0.05, 0) is 35.4 Å². The van der Waals surface area contributed by atoms with Crippen LogP contribution in [0.3, 0.4) is 0 Å². The van der Waals surface area contributed by atoms with Crippen LogP contribution in [0.25, 0.3) is 0 Å². The van der Waals surface area contributed by atoms with E-state index in [1.54, 1.807) is 0 Å². The number of sulfone groups is 1. The first-order chi connectivity index (χ1) is 5.83. The molecule has 0 radical (unpaired) electrons. The van der Waals surface area contributed by atoms with Crippen molar-refractivity contribution in [2.75, 3.05) is 5.75 Å². The fourth-order valence-electron chi connectivity index (χ4n) is 0.918. The molecule has 0 aromatic heterocycles. The summed E-state index contributed by atoms with van der Waals surface area (Å²) >= 11 is 7.29. The molecule has 13 heavy (non-hydrogen) atoms. The molecule has 0 aromatic rings. The van der Waals surface area contributed by atoms with Crippen LogP contribution in [-0.4, -0.2) is 22.2 Å². The van der Waals surface area contributed by atoms with E-state index in [0.717, 1.165) is 12.8 Å². The molecule has 0 aliphatic heterocycles. The van der Waals surface area contributed by atoms with E-state index < -0.39 is 12.1 Å². The predicted octanol–water partition coefficient (Wildman–Crippen LogP) is 1.73. The first-order valence-corrected chi connectivity index (χ1v) is 7.08. The number of hydrogen-bond acceptors (Lipinski definition) is 3. The fraction of sp³-hybridized carbons (Fsp3) is 0.857. The smallest absolute Gasteiger partial charge is 0.253 e. The lowest BCUT2D eigenvalue weighted by Gasteiger charge is -2.17. The van der Waals surface area contributed by atoms with E-state index in [0.29, 0.717) is 0 Å². The maximum atomic E-state index is 11.5. The minimum absolute atomic E-state index is 0.0993. The molecule has 6 heteroatoms. The molecule has 3 nitrogen and oxygen atoms in total. The third kappa shape index (κ3) is 2.18. The highest BCUT2D eigenvalue weighted by Crippen LogP contribution is 2.42. The molecular weight excluding hydrogens is 326 g/mol. The Kier molecular flexibility index (Phi) is 3.30. The highest BCUT2D eigenvalue weighted by atomic mass is 127. The SMILES string of the molecule is CCS(=O)(=O)[C@](Cl)(I)C(=O)C1CC1. The minimum atomic E-state index is -3.50. The molecule has 0 heterocycles. The topological polar surface area (TPSA) is 51.2 Å². The fourth-order valence-corrected chi connectivity index (χ4v) is 3.61. The van der Waals surface area contributed by atoms with E-state index in [1.807, 2.05) is 0 Å². The molecule has 0 saturated heterocycles. The van der Waals surface area contributed by atoms with Crippen molar-refractivity contribution in [3.8, 4) is 0 Å². The largest absolute Gasteiger partial charge is 0.295 e. The van der Waals surface area contributed by atoms with Gasteiger partial charge in [-0.25, -0.2) is 8.42 Å². The van der Waals surface area contributed by atoms with Gasteiger partial charge in [0.05, 0.1) is 5.75 Å². The van der Waals surface area contributed by atoms with Gasteiger partial charge in [-0.1, -0.05) is 18.5 Å². The van der Waals surface area contributed by atoms with Gasteiger partial charge >= 0.3 is 0 Å². The molecule has 0 amide bonds. The zero-order valence-electron chi connectivity index (χ0n) is 7.09. The molecule has 0 unspecified atom stereocenters. The standard InChI is InChI=1S/C7H10ClIO3S/c1-2-13(11,12)7(8,9)6(10)5-3-4-5/h5H,2-4H2,1H3/t7-/m1/s1. The van der Waals surface area contributed by atoms with Crippen LogP contribution in [0.1, 0.15) is 19.8 Å². The number of hydrogen-bond donors (Lipinski definition) is 0. The van der Waals surface area contributed by atoms with E-state index in [2.05, 4.69) is 0 Å². The number of rotatable bonds is 4. The Hall–Kier alpha value is 0.640. The van der Waals surface area contributed by atoms with Crippen LogP contribution >= 0.6 is 34.2 Å². The summed E-state index contributed by atoms with van der Waals surface area (Å²) in [5.41, 5.74) is 0. The molecule has 0 spiro atoms. The number of alkyl halides is 2. The number of carbonyl (C=O) groups excluding carboxylic acids is 1. The Balaban J connectivity index is 2.92. The Morgan fingerprint density at radius 1 is 1.62 bits per heavy atom. The van der Waals surface area contributed by atoms with Crippen molar-refractivity contribution >= 4 is 49.8 Å². The van der Waals surface area contributed by atoms with Crippen LogP contribution < -0.4 is 0 Å². The summed E-state index contributed by atoms with van der Waals surface area (Å²) in [4.78, 5) is 11.5. The van der Waals surface area contributed by atoms with E-state index >= 15 is 0 Å². The molecule has 1 atom stereocenters. The summed E-state index contributed by atoms with van der Waals surface area (Å²) in [5.74, 6) is -0.579. The molecule has 1 rings (SSSR count). The highest BCUT2D eigenvalue weighted by Gasteiger charge is 2.50. The minimum Gasteiger partial charge on any atom is -0.295 e. The number of halogens is 2. The van der Waals surface area contributed by atoms with Gasteiger partial charge in [0.25, 0.3) is 2.21 Å². The van der Waals surface area contributed by atoms with Gasteiger partial charge < -0.3 is 0 Å². The van der Waals surface area contributed by atoms with Crippen molar-refractivity contribution in [3.63, 3.8) is 0 Å². The van der Waals surface area contributed by atoms with E-state index in [4.69, 9.17) is 11.6 Å². The maximum absolute atomic E-state index is 11.5. The Morgan fingerprint density at radius 3 is 2.38 bits per heavy atom. The lowest BCUT2D eigenvalue weighted by Crippen LogP contribution is -2.37. The number of Topliss-reactive ketones (excluding diaryl/α,β-unsaturated/α-hetero) is 1. The highest BCUT2D eigenvalue weighted by molar-refractivity contribution is 14.1. The van der Waals surface area contributed by atoms with Gasteiger partial charge in [0.1, 0.15) is 0 Å². The monoisotopic (exact) mass is 336 g/mol. The molecule has 1 aliphatic carbocycles. The molecule has 1 aliphatic rings. The van der Waals surface area contributed by atoms with Crippen molar-refractivity contribution < 1.29 is 13.2 Å². The molecule has 1 fully saturated rings. The average molecular weight is 337 g/mol. The van der Waals surface area contributed by atoms with Crippen molar-refractivity contribution in [2.45, 2.75) is 22.0 Å². The van der Waals surface area contributed by atoms with Crippen molar-refractivity contribution in [3.05, 3.63) is 0 Å². The van der Waals surface area contributed by atoms with Gasteiger partial charge in [0, 0.05) is 5.92 Å². The molecular formula is C7H10ClIO3S. The summed E-state index contributed by atoms with van der Waals surface area (Å²) in [7, 11) is -3.50. The van der Waals surface area contributed by atoms with E-state index in [1.165, 1.54) is 29.5 Å². The van der Waals surface area contributed by atoms with Crippen molar-refractivity contribution in [1.82, 2.24) is 0 Å². The normalized spacial score (nSPS) is 22.4.